The predicted octanol–water partition coefficient (Wildman–Crippen LogP) is 4.40. The fourth-order valence-electron chi connectivity index (χ4n) is 6.90. The minimum absolute atomic E-state index is 0.0192. The first-order valence-electron chi connectivity index (χ1n) is 9.82. The molecule has 138 valence electrons. The molecule has 0 N–H and O–H groups in total. The van der Waals surface area contributed by atoms with Crippen molar-refractivity contribution in [3.63, 3.8) is 0 Å². The fourth-order valence-corrected chi connectivity index (χ4v) is 6.90. The minimum atomic E-state index is -0.995. The first-order valence-corrected chi connectivity index (χ1v) is 9.82. The highest BCUT2D eigenvalue weighted by Gasteiger charge is 2.61. The van der Waals surface area contributed by atoms with Crippen LogP contribution in [0.25, 0.3) is 0 Å². The molecule has 4 aliphatic rings. The van der Waals surface area contributed by atoms with Gasteiger partial charge in [0.05, 0.1) is 0 Å². The van der Waals surface area contributed by atoms with Crippen molar-refractivity contribution < 1.29 is 18.7 Å². The molecule has 25 heavy (non-hydrogen) atoms. The predicted molar refractivity (Wildman–Crippen MR) is 92.5 cm³/mol. The van der Waals surface area contributed by atoms with Gasteiger partial charge in [-0.2, -0.15) is 0 Å². The fraction of sp³-hybridized carbons (Fsp3) is 0.810. The van der Waals surface area contributed by atoms with Gasteiger partial charge in [0.15, 0.2) is 5.78 Å². The maximum absolute atomic E-state index is 15.1. The summed E-state index contributed by atoms with van der Waals surface area (Å²) in [6.07, 6.45) is 6.48. The summed E-state index contributed by atoms with van der Waals surface area (Å²) in [5.41, 5.74) is 0.578. The van der Waals surface area contributed by atoms with Crippen LogP contribution in [0.1, 0.15) is 65.7 Å². The van der Waals surface area contributed by atoms with Crippen molar-refractivity contribution in [2.75, 3.05) is 0 Å². The molecule has 0 spiro atoms. The number of allylic oxidation sites excluding steroid dienone is 1. The van der Waals surface area contributed by atoms with E-state index in [2.05, 4.69) is 13.8 Å². The molecule has 4 aliphatic carbocycles. The second-order valence-electron chi connectivity index (χ2n) is 9.28. The standard InChI is InChI=1S/C21H29FO3/c1-12(23)25-19-5-4-15-14-11-18(22)17-10-13(24)6-8-20(17,2)16(14)7-9-21(15,19)3/h10,14-16,18-19H,4-9,11H2,1-3H3/t14-,15-,16-,18?,19?,20+,21-/m0/s1. The van der Waals surface area contributed by atoms with Gasteiger partial charge < -0.3 is 4.74 Å². The number of carbonyl (C=O) groups excluding carboxylic acids is 2. The van der Waals surface area contributed by atoms with E-state index in [0.717, 1.165) is 37.7 Å². The lowest BCUT2D eigenvalue weighted by atomic mass is 9.47. The number of esters is 1. The van der Waals surface area contributed by atoms with Crippen LogP contribution in [0.15, 0.2) is 11.6 Å². The van der Waals surface area contributed by atoms with Gasteiger partial charge in [0.25, 0.3) is 0 Å². The van der Waals surface area contributed by atoms with Gasteiger partial charge in [0.1, 0.15) is 12.3 Å². The van der Waals surface area contributed by atoms with Crippen molar-refractivity contribution in [1.82, 2.24) is 0 Å². The van der Waals surface area contributed by atoms with Crippen LogP contribution >= 0.6 is 0 Å². The third kappa shape index (κ3) is 2.43. The van der Waals surface area contributed by atoms with Crippen molar-refractivity contribution in [1.29, 1.82) is 0 Å². The second kappa shape index (κ2) is 5.65. The molecule has 0 aliphatic heterocycles. The lowest BCUT2D eigenvalue weighted by Gasteiger charge is -2.58. The van der Waals surface area contributed by atoms with Gasteiger partial charge in [-0.15, -0.1) is 0 Å². The third-order valence-corrected chi connectivity index (χ3v) is 8.16. The van der Waals surface area contributed by atoms with Crippen LogP contribution in [-0.4, -0.2) is 24.0 Å². The van der Waals surface area contributed by atoms with Crippen LogP contribution in [-0.2, 0) is 14.3 Å². The van der Waals surface area contributed by atoms with E-state index in [1.54, 1.807) is 6.08 Å². The lowest BCUT2D eigenvalue weighted by Crippen LogP contribution is -2.54. The molecule has 0 heterocycles. The number of fused-ring (bicyclic) bond motifs is 5. The monoisotopic (exact) mass is 348 g/mol. The van der Waals surface area contributed by atoms with E-state index in [-0.39, 0.29) is 28.7 Å². The Hall–Kier alpha value is -1.19. The van der Waals surface area contributed by atoms with Crippen LogP contribution in [0.4, 0.5) is 4.39 Å². The average molecular weight is 348 g/mol. The maximum Gasteiger partial charge on any atom is 0.302 e. The minimum Gasteiger partial charge on any atom is -0.462 e. The Morgan fingerprint density at radius 2 is 1.96 bits per heavy atom. The zero-order valence-corrected chi connectivity index (χ0v) is 15.5. The number of ketones is 1. The smallest absolute Gasteiger partial charge is 0.302 e. The Balaban J connectivity index is 1.66. The number of hydrogen-bond acceptors (Lipinski definition) is 3. The van der Waals surface area contributed by atoms with E-state index in [4.69, 9.17) is 4.74 Å². The summed E-state index contributed by atoms with van der Waals surface area (Å²) in [6.45, 7) is 5.92. The number of ether oxygens (including phenoxy) is 1. The molecule has 4 heteroatoms. The molecule has 3 fully saturated rings. The molecule has 0 saturated heterocycles. The van der Waals surface area contributed by atoms with Crippen LogP contribution in [0.5, 0.6) is 0 Å². The van der Waals surface area contributed by atoms with E-state index < -0.39 is 6.17 Å². The van der Waals surface area contributed by atoms with E-state index in [0.29, 0.717) is 30.6 Å². The summed E-state index contributed by atoms with van der Waals surface area (Å²) in [5, 5.41) is 0. The molecule has 0 aromatic heterocycles. The largest absolute Gasteiger partial charge is 0.462 e. The summed E-state index contributed by atoms with van der Waals surface area (Å²) >= 11 is 0. The molecular formula is C21H29FO3. The highest BCUT2D eigenvalue weighted by Crippen LogP contribution is 2.65. The van der Waals surface area contributed by atoms with Gasteiger partial charge in [-0.1, -0.05) is 13.8 Å². The molecule has 0 aromatic carbocycles. The quantitative estimate of drug-likeness (QED) is 0.660. The van der Waals surface area contributed by atoms with Crippen LogP contribution in [0, 0.1) is 28.6 Å². The lowest BCUT2D eigenvalue weighted by molar-refractivity contribution is -0.157. The van der Waals surface area contributed by atoms with Gasteiger partial charge >= 0.3 is 5.97 Å². The van der Waals surface area contributed by atoms with Gasteiger partial charge in [0, 0.05) is 18.8 Å². The molecule has 0 bridgehead atoms. The number of hydrogen-bond donors (Lipinski definition) is 0. The first-order chi connectivity index (χ1) is 11.8. The van der Waals surface area contributed by atoms with Crippen molar-refractivity contribution >= 4 is 11.8 Å². The van der Waals surface area contributed by atoms with Crippen molar-refractivity contribution in [3.05, 3.63) is 11.6 Å². The second-order valence-corrected chi connectivity index (χ2v) is 9.28. The molecule has 2 unspecified atom stereocenters. The Labute approximate surface area is 149 Å². The van der Waals surface area contributed by atoms with Crippen LogP contribution in [0.3, 0.4) is 0 Å². The van der Waals surface area contributed by atoms with Crippen molar-refractivity contribution in [2.24, 2.45) is 28.6 Å². The van der Waals surface area contributed by atoms with E-state index in [9.17, 15) is 9.59 Å². The van der Waals surface area contributed by atoms with E-state index in [1.165, 1.54) is 6.92 Å². The van der Waals surface area contributed by atoms with Gasteiger partial charge in [-0.25, -0.2) is 4.39 Å². The highest BCUT2D eigenvalue weighted by molar-refractivity contribution is 5.91. The van der Waals surface area contributed by atoms with E-state index >= 15 is 4.39 Å². The Morgan fingerprint density at radius 3 is 2.68 bits per heavy atom. The summed E-state index contributed by atoms with van der Waals surface area (Å²) in [6, 6.07) is 0. The third-order valence-electron chi connectivity index (χ3n) is 8.16. The topological polar surface area (TPSA) is 43.4 Å². The highest BCUT2D eigenvalue weighted by atomic mass is 19.1. The molecule has 0 amide bonds. The van der Waals surface area contributed by atoms with Gasteiger partial charge in [0.2, 0.25) is 0 Å². The van der Waals surface area contributed by atoms with Crippen molar-refractivity contribution in [3.8, 4) is 0 Å². The van der Waals surface area contributed by atoms with Gasteiger partial charge in [-0.3, -0.25) is 9.59 Å². The number of carbonyl (C=O) groups is 2. The van der Waals surface area contributed by atoms with Crippen LogP contribution < -0.4 is 0 Å². The molecule has 3 nitrogen and oxygen atoms in total. The summed E-state index contributed by atoms with van der Waals surface area (Å²) in [5.74, 6) is 1.09. The zero-order chi connectivity index (χ0) is 18.0. The van der Waals surface area contributed by atoms with Crippen LogP contribution in [0.2, 0.25) is 0 Å². The Morgan fingerprint density at radius 1 is 1.20 bits per heavy atom. The number of alkyl halides is 1. The molecule has 7 atom stereocenters. The summed E-state index contributed by atoms with van der Waals surface area (Å²) < 4.78 is 20.7. The summed E-state index contributed by atoms with van der Waals surface area (Å²) in [7, 11) is 0. The zero-order valence-electron chi connectivity index (χ0n) is 15.5. The Kier molecular flexibility index (Phi) is 3.90. The average Bonchev–Trinajstić information content (AvgIpc) is 2.86. The molecule has 3 saturated carbocycles. The number of rotatable bonds is 1. The Bertz CT molecular complexity index is 641. The molecule has 0 radical (unpaired) electrons. The maximum atomic E-state index is 15.1. The summed E-state index contributed by atoms with van der Waals surface area (Å²) in [4.78, 5) is 23.4. The van der Waals surface area contributed by atoms with Gasteiger partial charge in [-0.05, 0) is 73.3 Å². The normalized spacial score (nSPS) is 48.9. The molecular weight excluding hydrogens is 319 g/mol. The van der Waals surface area contributed by atoms with E-state index in [1.807, 2.05) is 0 Å². The number of halogens is 1. The SMILES string of the molecule is CC(=O)OC1CC[C@H]2[C@@H]3CC(F)C4=CC(=O)CC[C@]4(C)[C@H]3CC[C@]12C. The van der Waals surface area contributed by atoms with Crippen molar-refractivity contribution in [2.45, 2.75) is 78.0 Å². The first kappa shape index (κ1) is 17.2. The molecule has 4 rings (SSSR count). The molecule has 0 aromatic rings.